The molecular weight excluding hydrogens is 246 g/mol. The Morgan fingerprint density at radius 2 is 1.90 bits per heavy atom. The van der Waals surface area contributed by atoms with Crippen LogP contribution < -0.4 is 10.6 Å². The predicted octanol–water partition coefficient (Wildman–Crippen LogP) is 3.75. The molecule has 2 aromatic rings. The van der Waals surface area contributed by atoms with Crippen molar-refractivity contribution in [2.75, 3.05) is 17.2 Å². The molecule has 2 rings (SSSR count). The molecule has 0 aliphatic heterocycles. The smallest absolute Gasteiger partial charge is 0.0640 e. The Balaban J connectivity index is 2.29. The molecular formula is C17H19N3. The van der Waals surface area contributed by atoms with E-state index < -0.39 is 0 Å². The van der Waals surface area contributed by atoms with Crippen molar-refractivity contribution in [1.29, 1.82) is 5.26 Å². The van der Waals surface area contributed by atoms with Crippen molar-refractivity contribution in [2.24, 2.45) is 0 Å². The van der Waals surface area contributed by atoms with Gasteiger partial charge in [-0.25, -0.2) is 0 Å². The summed E-state index contributed by atoms with van der Waals surface area (Å²) in [4.78, 5) is 2.23. The normalized spacial score (nSPS) is 11.6. The fourth-order valence-corrected chi connectivity index (χ4v) is 2.34. The zero-order chi connectivity index (χ0) is 14.4. The molecule has 0 fully saturated rings. The van der Waals surface area contributed by atoms with Gasteiger partial charge in [0, 0.05) is 17.9 Å². The van der Waals surface area contributed by atoms with Crippen LogP contribution in [0.15, 0.2) is 54.6 Å². The second-order valence-corrected chi connectivity index (χ2v) is 4.78. The van der Waals surface area contributed by atoms with Crippen LogP contribution in [0.2, 0.25) is 0 Å². The maximum Gasteiger partial charge on any atom is 0.0640 e. The van der Waals surface area contributed by atoms with Gasteiger partial charge in [0.05, 0.1) is 18.5 Å². The first-order valence-corrected chi connectivity index (χ1v) is 6.76. The average Bonchev–Trinajstić information content (AvgIpc) is 2.48. The second-order valence-electron chi connectivity index (χ2n) is 4.78. The summed E-state index contributed by atoms with van der Waals surface area (Å²) in [6.07, 6.45) is 0.502. The van der Waals surface area contributed by atoms with E-state index in [1.807, 2.05) is 36.4 Å². The van der Waals surface area contributed by atoms with Crippen molar-refractivity contribution in [3.8, 4) is 6.07 Å². The van der Waals surface area contributed by atoms with Crippen molar-refractivity contribution in [1.82, 2.24) is 0 Å². The van der Waals surface area contributed by atoms with Crippen LogP contribution >= 0.6 is 0 Å². The number of nitrogens with two attached hydrogens (primary N) is 1. The minimum Gasteiger partial charge on any atom is -0.399 e. The van der Waals surface area contributed by atoms with Crippen LogP contribution in [0, 0.1) is 11.3 Å². The summed E-state index contributed by atoms with van der Waals surface area (Å²) in [6, 6.07) is 20.5. The van der Waals surface area contributed by atoms with E-state index in [9.17, 15) is 0 Å². The molecule has 0 amide bonds. The third kappa shape index (κ3) is 3.30. The van der Waals surface area contributed by atoms with Gasteiger partial charge in [0.15, 0.2) is 0 Å². The first-order chi connectivity index (χ1) is 9.72. The summed E-state index contributed by atoms with van der Waals surface area (Å²) in [7, 11) is 0. The van der Waals surface area contributed by atoms with Crippen LogP contribution in [0.3, 0.4) is 0 Å². The number of anilines is 2. The summed E-state index contributed by atoms with van der Waals surface area (Å²) in [6.45, 7) is 2.84. The third-order valence-corrected chi connectivity index (χ3v) is 3.41. The summed E-state index contributed by atoms with van der Waals surface area (Å²) in [5, 5.41) is 8.86. The number of benzene rings is 2. The molecule has 0 radical (unpaired) electrons. The molecule has 2 aromatic carbocycles. The van der Waals surface area contributed by atoms with E-state index >= 15 is 0 Å². The number of nitriles is 1. The number of nitrogens with zero attached hydrogens (tertiary/aromatic N) is 2. The summed E-state index contributed by atoms with van der Waals surface area (Å²) in [5.41, 5.74) is 8.91. The highest BCUT2D eigenvalue weighted by atomic mass is 15.2. The van der Waals surface area contributed by atoms with Crippen molar-refractivity contribution in [3.63, 3.8) is 0 Å². The fraction of sp³-hybridized carbons (Fsp3) is 0.235. The predicted molar refractivity (Wildman–Crippen MR) is 83.3 cm³/mol. The number of hydrogen-bond donors (Lipinski definition) is 1. The van der Waals surface area contributed by atoms with Gasteiger partial charge < -0.3 is 10.6 Å². The Hall–Kier alpha value is -2.47. The molecule has 0 saturated carbocycles. The van der Waals surface area contributed by atoms with Gasteiger partial charge in [-0.05, 0) is 36.8 Å². The topological polar surface area (TPSA) is 53.0 Å². The lowest BCUT2D eigenvalue weighted by molar-refractivity contribution is 0.674. The van der Waals surface area contributed by atoms with Gasteiger partial charge in [-0.1, -0.05) is 30.3 Å². The van der Waals surface area contributed by atoms with Crippen LogP contribution in [-0.4, -0.2) is 6.54 Å². The van der Waals surface area contributed by atoms with Gasteiger partial charge in [-0.15, -0.1) is 0 Å². The van der Waals surface area contributed by atoms with E-state index in [4.69, 9.17) is 11.0 Å². The second kappa shape index (κ2) is 6.63. The Labute approximate surface area is 120 Å². The van der Waals surface area contributed by atoms with Crippen LogP contribution in [0.4, 0.5) is 11.4 Å². The molecule has 0 saturated heterocycles. The lowest BCUT2D eigenvalue weighted by Crippen LogP contribution is -2.27. The molecule has 102 valence electrons. The quantitative estimate of drug-likeness (QED) is 0.838. The fourth-order valence-electron chi connectivity index (χ4n) is 2.34. The van der Waals surface area contributed by atoms with Crippen LogP contribution in [-0.2, 0) is 0 Å². The van der Waals surface area contributed by atoms with Gasteiger partial charge >= 0.3 is 0 Å². The SMILES string of the molecule is CC(c1cccc(N)c1)N(CCC#N)c1ccccc1. The highest BCUT2D eigenvalue weighted by molar-refractivity contribution is 5.50. The van der Waals surface area contributed by atoms with Gasteiger partial charge in [-0.2, -0.15) is 5.26 Å². The molecule has 0 bridgehead atoms. The van der Waals surface area contributed by atoms with Crippen LogP contribution in [0.25, 0.3) is 0 Å². The Morgan fingerprint density at radius 3 is 2.55 bits per heavy atom. The van der Waals surface area contributed by atoms with Crippen molar-refractivity contribution >= 4 is 11.4 Å². The molecule has 0 aliphatic carbocycles. The lowest BCUT2D eigenvalue weighted by Gasteiger charge is -2.31. The van der Waals surface area contributed by atoms with E-state index in [0.717, 1.165) is 16.9 Å². The van der Waals surface area contributed by atoms with E-state index in [1.165, 1.54) is 0 Å². The molecule has 2 N–H and O–H groups in total. The van der Waals surface area contributed by atoms with Gasteiger partial charge in [0.1, 0.15) is 0 Å². The molecule has 0 spiro atoms. The van der Waals surface area contributed by atoms with E-state index in [1.54, 1.807) is 0 Å². The molecule has 0 heterocycles. The molecule has 0 aliphatic rings. The van der Waals surface area contributed by atoms with Crippen LogP contribution in [0.1, 0.15) is 24.9 Å². The first kappa shape index (κ1) is 14.0. The first-order valence-electron chi connectivity index (χ1n) is 6.76. The maximum absolute atomic E-state index is 8.86. The Bertz CT molecular complexity index is 587. The van der Waals surface area contributed by atoms with E-state index in [0.29, 0.717) is 13.0 Å². The summed E-state index contributed by atoms with van der Waals surface area (Å²) < 4.78 is 0. The average molecular weight is 265 g/mol. The minimum absolute atomic E-state index is 0.175. The summed E-state index contributed by atoms with van der Waals surface area (Å²) >= 11 is 0. The lowest BCUT2D eigenvalue weighted by atomic mass is 10.0. The van der Waals surface area contributed by atoms with E-state index in [2.05, 4.69) is 36.1 Å². The number of rotatable bonds is 5. The highest BCUT2D eigenvalue weighted by Crippen LogP contribution is 2.27. The molecule has 0 aromatic heterocycles. The van der Waals surface area contributed by atoms with Crippen molar-refractivity contribution in [3.05, 3.63) is 60.2 Å². The molecule has 1 unspecified atom stereocenters. The largest absolute Gasteiger partial charge is 0.399 e. The molecule has 3 nitrogen and oxygen atoms in total. The molecule has 20 heavy (non-hydrogen) atoms. The van der Waals surface area contributed by atoms with Crippen molar-refractivity contribution in [2.45, 2.75) is 19.4 Å². The Kier molecular flexibility index (Phi) is 4.62. The van der Waals surface area contributed by atoms with Crippen molar-refractivity contribution < 1.29 is 0 Å². The maximum atomic E-state index is 8.86. The standard InChI is InChI=1S/C17H19N3/c1-14(15-7-5-8-16(19)13-15)20(12-6-11-18)17-9-3-2-4-10-17/h2-5,7-10,13-14H,6,12,19H2,1H3. The third-order valence-electron chi connectivity index (χ3n) is 3.41. The molecule has 1 atom stereocenters. The van der Waals surface area contributed by atoms with Gasteiger partial charge in [0.25, 0.3) is 0 Å². The van der Waals surface area contributed by atoms with Crippen LogP contribution in [0.5, 0.6) is 0 Å². The Morgan fingerprint density at radius 1 is 1.15 bits per heavy atom. The van der Waals surface area contributed by atoms with Gasteiger partial charge in [0.2, 0.25) is 0 Å². The number of nitrogen functional groups attached to an aromatic ring is 1. The zero-order valence-corrected chi connectivity index (χ0v) is 11.7. The minimum atomic E-state index is 0.175. The highest BCUT2D eigenvalue weighted by Gasteiger charge is 2.16. The monoisotopic (exact) mass is 265 g/mol. The molecule has 3 heteroatoms. The van der Waals surface area contributed by atoms with E-state index in [-0.39, 0.29) is 6.04 Å². The van der Waals surface area contributed by atoms with Gasteiger partial charge in [-0.3, -0.25) is 0 Å². The summed E-state index contributed by atoms with van der Waals surface area (Å²) in [5.74, 6) is 0. The zero-order valence-electron chi connectivity index (χ0n) is 11.7. The number of para-hydroxylation sites is 1. The number of hydrogen-bond acceptors (Lipinski definition) is 3.